The molecule has 2 aromatic rings. The predicted molar refractivity (Wildman–Crippen MR) is 86.8 cm³/mol. The number of anilines is 1. The molecule has 0 spiro atoms. The lowest BCUT2D eigenvalue weighted by molar-refractivity contribution is 0.101. The van der Waals surface area contributed by atoms with Gasteiger partial charge in [-0.05, 0) is 31.9 Å². The second-order valence-corrected chi connectivity index (χ2v) is 6.37. The number of aromatic nitrogens is 3. The molecule has 0 N–H and O–H groups in total. The van der Waals surface area contributed by atoms with Crippen LogP contribution in [0.3, 0.4) is 0 Å². The number of rotatable bonds is 4. The SMILES string of the molecule is CC(=O)c1ccc(N2CCC(c3nc(C(C)C)no3)CC2)nc1. The Hall–Kier alpha value is -2.24. The van der Waals surface area contributed by atoms with E-state index >= 15 is 0 Å². The minimum absolute atomic E-state index is 0.0418. The first-order valence-corrected chi connectivity index (χ1v) is 8.10. The summed E-state index contributed by atoms with van der Waals surface area (Å²) in [7, 11) is 0. The molecule has 0 saturated carbocycles. The third kappa shape index (κ3) is 3.41. The average Bonchev–Trinajstić information content (AvgIpc) is 3.05. The van der Waals surface area contributed by atoms with Crippen LogP contribution < -0.4 is 4.90 Å². The van der Waals surface area contributed by atoms with Gasteiger partial charge < -0.3 is 9.42 Å². The predicted octanol–water partition coefficient (Wildman–Crippen LogP) is 3.17. The molecule has 1 saturated heterocycles. The largest absolute Gasteiger partial charge is 0.357 e. The molecule has 2 aromatic heterocycles. The van der Waals surface area contributed by atoms with E-state index in [0.717, 1.165) is 43.5 Å². The van der Waals surface area contributed by atoms with Crippen molar-refractivity contribution < 1.29 is 9.32 Å². The Morgan fingerprint density at radius 2 is 2.04 bits per heavy atom. The van der Waals surface area contributed by atoms with Gasteiger partial charge in [0.2, 0.25) is 5.89 Å². The molecule has 6 heteroatoms. The molecular formula is C17H22N4O2. The van der Waals surface area contributed by atoms with E-state index in [1.807, 2.05) is 12.1 Å². The van der Waals surface area contributed by atoms with Crippen LogP contribution in [0.1, 0.15) is 67.5 Å². The number of carbonyl (C=O) groups excluding carboxylic acids is 1. The standard InChI is InChI=1S/C17H22N4O2/c1-11(2)16-19-17(23-20-16)13-6-8-21(9-7-13)15-5-4-14(10-18-15)12(3)22/h4-5,10-11,13H,6-9H2,1-3H3. The highest BCUT2D eigenvalue weighted by Crippen LogP contribution is 2.29. The third-order valence-electron chi connectivity index (χ3n) is 4.30. The van der Waals surface area contributed by atoms with Gasteiger partial charge in [0.05, 0.1) is 0 Å². The zero-order chi connectivity index (χ0) is 16.4. The summed E-state index contributed by atoms with van der Waals surface area (Å²) in [5, 5.41) is 4.05. The minimum atomic E-state index is 0.0418. The molecule has 1 aliphatic rings. The quantitative estimate of drug-likeness (QED) is 0.807. The normalized spacial score (nSPS) is 16.1. The van der Waals surface area contributed by atoms with Crippen LogP contribution in [0.5, 0.6) is 0 Å². The summed E-state index contributed by atoms with van der Waals surface area (Å²) in [6.45, 7) is 7.48. The Bertz CT molecular complexity index is 670. The Morgan fingerprint density at radius 1 is 1.30 bits per heavy atom. The van der Waals surface area contributed by atoms with Gasteiger partial charge >= 0.3 is 0 Å². The summed E-state index contributed by atoms with van der Waals surface area (Å²) in [6, 6.07) is 3.75. The van der Waals surface area contributed by atoms with Gasteiger partial charge in [-0.3, -0.25) is 4.79 Å². The van der Waals surface area contributed by atoms with Gasteiger partial charge in [-0.1, -0.05) is 19.0 Å². The van der Waals surface area contributed by atoms with Crippen LogP contribution >= 0.6 is 0 Å². The first-order valence-electron chi connectivity index (χ1n) is 8.10. The van der Waals surface area contributed by atoms with E-state index in [9.17, 15) is 4.79 Å². The van der Waals surface area contributed by atoms with Crippen LogP contribution in [0.15, 0.2) is 22.9 Å². The Morgan fingerprint density at radius 3 is 2.57 bits per heavy atom. The molecule has 1 fully saturated rings. The van der Waals surface area contributed by atoms with Gasteiger partial charge in [-0.15, -0.1) is 0 Å². The molecular weight excluding hydrogens is 292 g/mol. The zero-order valence-corrected chi connectivity index (χ0v) is 13.8. The van der Waals surface area contributed by atoms with E-state index in [1.54, 1.807) is 13.1 Å². The topological polar surface area (TPSA) is 72.1 Å². The second-order valence-electron chi connectivity index (χ2n) is 6.37. The van der Waals surface area contributed by atoms with Crippen molar-refractivity contribution in [1.29, 1.82) is 0 Å². The highest BCUT2D eigenvalue weighted by Gasteiger charge is 2.26. The van der Waals surface area contributed by atoms with Crippen LogP contribution in [-0.2, 0) is 0 Å². The van der Waals surface area contributed by atoms with Gasteiger partial charge in [0.25, 0.3) is 0 Å². The van der Waals surface area contributed by atoms with Crippen LogP contribution in [0.2, 0.25) is 0 Å². The molecule has 3 heterocycles. The number of hydrogen-bond donors (Lipinski definition) is 0. The van der Waals surface area contributed by atoms with Crippen LogP contribution in [0, 0.1) is 0 Å². The summed E-state index contributed by atoms with van der Waals surface area (Å²) in [5.74, 6) is 3.11. The molecule has 0 aromatic carbocycles. The van der Waals surface area contributed by atoms with Crippen molar-refractivity contribution in [3.05, 3.63) is 35.6 Å². The van der Waals surface area contributed by atoms with E-state index in [-0.39, 0.29) is 11.7 Å². The monoisotopic (exact) mass is 314 g/mol. The summed E-state index contributed by atoms with van der Waals surface area (Å²) in [6.07, 6.45) is 3.59. The summed E-state index contributed by atoms with van der Waals surface area (Å²) in [4.78, 5) is 22.5. The fourth-order valence-electron chi connectivity index (χ4n) is 2.78. The average molecular weight is 314 g/mol. The fourth-order valence-corrected chi connectivity index (χ4v) is 2.78. The van der Waals surface area contributed by atoms with E-state index < -0.39 is 0 Å². The van der Waals surface area contributed by atoms with Gasteiger partial charge in [0.1, 0.15) is 5.82 Å². The van der Waals surface area contributed by atoms with Crippen molar-refractivity contribution in [1.82, 2.24) is 15.1 Å². The molecule has 0 aliphatic carbocycles. The number of Topliss-reactive ketones (excluding diaryl/α,β-unsaturated/α-hetero) is 1. The second kappa shape index (κ2) is 6.48. The van der Waals surface area contributed by atoms with E-state index in [4.69, 9.17) is 4.52 Å². The van der Waals surface area contributed by atoms with E-state index in [0.29, 0.717) is 11.5 Å². The summed E-state index contributed by atoms with van der Waals surface area (Å²) in [5.41, 5.74) is 0.649. The maximum Gasteiger partial charge on any atom is 0.229 e. The van der Waals surface area contributed by atoms with Gasteiger partial charge in [0.15, 0.2) is 11.6 Å². The number of pyridine rings is 1. The lowest BCUT2D eigenvalue weighted by Crippen LogP contribution is -2.33. The lowest BCUT2D eigenvalue weighted by atomic mass is 9.96. The molecule has 0 atom stereocenters. The number of piperidine rings is 1. The molecule has 0 unspecified atom stereocenters. The molecule has 0 amide bonds. The molecule has 122 valence electrons. The maximum absolute atomic E-state index is 11.3. The van der Waals surface area contributed by atoms with Crippen LogP contribution in [0.25, 0.3) is 0 Å². The smallest absolute Gasteiger partial charge is 0.229 e. The maximum atomic E-state index is 11.3. The lowest BCUT2D eigenvalue weighted by Gasteiger charge is -2.31. The van der Waals surface area contributed by atoms with Crippen molar-refractivity contribution in [2.24, 2.45) is 0 Å². The number of hydrogen-bond acceptors (Lipinski definition) is 6. The molecule has 23 heavy (non-hydrogen) atoms. The highest BCUT2D eigenvalue weighted by molar-refractivity contribution is 5.93. The van der Waals surface area contributed by atoms with E-state index in [2.05, 4.69) is 33.9 Å². The van der Waals surface area contributed by atoms with Crippen LogP contribution in [-0.4, -0.2) is 34.0 Å². The molecule has 6 nitrogen and oxygen atoms in total. The third-order valence-corrected chi connectivity index (χ3v) is 4.30. The van der Waals surface area contributed by atoms with Gasteiger partial charge in [-0.2, -0.15) is 4.98 Å². The zero-order valence-electron chi connectivity index (χ0n) is 13.8. The first-order chi connectivity index (χ1) is 11.0. The van der Waals surface area contributed by atoms with Gasteiger partial charge in [0, 0.05) is 36.7 Å². The molecule has 0 bridgehead atoms. The number of ketones is 1. The Kier molecular flexibility index (Phi) is 4.41. The van der Waals surface area contributed by atoms with Crippen molar-refractivity contribution >= 4 is 11.6 Å². The minimum Gasteiger partial charge on any atom is -0.357 e. The fraction of sp³-hybridized carbons (Fsp3) is 0.529. The number of carbonyl (C=O) groups is 1. The Labute approximate surface area is 135 Å². The Balaban J connectivity index is 1.62. The van der Waals surface area contributed by atoms with Crippen molar-refractivity contribution in [3.63, 3.8) is 0 Å². The van der Waals surface area contributed by atoms with Crippen molar-refractivity contribution in [2.75, 3.05) is 18.0 Å². The highest BCUT2D eigenvalue weighted by atomic mass is 16.5. The summed E-state index contributed by atoms with van der Waals surface area (Å²) < 4.78 is 5.42. The van der Waals surface area contributed by atoms with Gasteiger partial charge in [-0.25, -0.2) is 4.98 Å². The van der Waals surface area contributed by atoms with Crippen molar-refractivity contribution in [3.8, 4) is 0 Å². The first kappa shape index (κ1) is 15.6. The number of nitrogens with zero attached hydrogens (tertiary/aromatic N) is 4. The van der Waals surface area contributed by atoms with Crippen molar-refractivity contribution in [2.45, 2.75) is 45.4 Å². The van der Waals surface area contributed by atoms with E-state index in [1.165, 1.54) is 0 Å². The molecule has 3 rings (SSSR count). The molecule has 0 radical (unpaired) electrons. The summed E-state index contributed by atoms with van der Waals surface area (Å²) >= 11 is 0. The van der Waals surface area contributed by atoms with Crippen LogP contribution in [0.4, 0.5) is 5.82 Å². The molecule has 1 aliphatic heterocycles.